The van der Waals surface area contributed by atoms with Gasteiger partial charge in [0, 0.05) is 11.6 Å². The molecule has 0 bridgehead atoms. The second-order valence-electron chi connectivity index (χ2n) is 7.49. The zero-order valence-electron chi connectivity index (χ0n) is 17.9. The van der Waals surface area contributed by atoms with Gasteiger partial charge >= 0.3 is 5.97 Å². The van der Waals surface area contributed by atoms with E-state index in [-0.39, 0.29) is 18.1 Å². The van der Waals surface area contributed by atoms with Crippen LogP contribution in [0, 0.1) is 27.8 Å². The summed E-state index contributed by atoms with van der Waals surface area (Å²) in [5.74, 6) is 5.00. The molecule has 0 saturated heterocycles. The van der Waals surface area contributed by atoms with Crippen LogP contribution in [0.4, 0.5) is 10.1 Å². The molecule has 0 spiro atoms. The number of hydrogen-bond acceptors (Lipinski definition) is 6. The van der Waals surface area contributed by atoms with Gasteiger partial charge in [-0.2, -0.15) is 0 Å². The van der Waals surface area contributed by atoms with Crippen LogP contribution < -0.4 is 9.47 Å². The molecular weight excluding hydrogens is 417 g/mol. The summed E-state index contributed by atoms with van der Waals surface area (Å²) >= 11 is 0. The molecule has 1 saturated carbocycles. The minimum atomic E-state index is -0.760. The van der Waals surface area contributed by atoms with Gasteiger partial charge in [-0.1, -0.05) is 17.9 Å². The van der Waals surface area contributed by atoms with E-state index in [1.54, 1.807) is 25.3 Å². The fourth-order valence-corrected chi connectivity index (χ4v) is 3.61. The normalized spacial score (nSPS) is 14.2. The summed E-state index contributed by atoms with van der Waals surface area (Å²) in [5, 5.41) is 11.0. The molecule has 8 heteroatoms. The largest absolute Gasteiger partial charge is 0.493 e. The maximum Gasteiger partial charge on any atom is 0.307 e. The minimum absolute atomic E-state index is 0.0455. The second-order valence-corrected chi connectivity index (χ2v) is 7.49. The van der Waals surface area contributed by atoms with E-state index in [0.717, 1.165) is 37.8 Å². The van der Waals surface area contributed by atoms with Crippen molar-refractivity contribution < 1.29 is 28.3 Å². The number of hydrogen-bond donors (Lipinski definition) is 0. The van der Waals surface area contributed by atoms with E-state index in [9.17, 15) is 19.3 Å². The number of methoxy groups -OCH3 is 2. The SMILES string of the molecule is COC(=O)C[C@H](C#Cc1cc(F)cc([N+](=O)[O-])c1)c1ccc(OC)c(OC2CCCC2)c1. The van der Waals surface area contributed by atoms with Crippen LogP contribution in [0.25, 0.3) is 0 Å². The number of rotatable bonds is 7. The van der Waals surface area contributed by atoms with E-state index >= 15 is 0 Å². The third kappa shape index (κ3) is 5.97. The molecule has 1 aliphatic rings. The smallest absolute Gasteiger partial charge is 0.307 e. The number of non-ortho nitro benzene ring substituents is 1. The van der Waals surface area contributed by atoms with E-state index in [4.69, 9.17) is 14.2 Å². The van der Waals surface area contributed by atoms with E-state index in [1.165, 1.54) is 13.2 Å². The number of benzene rings is 2. The molecule has 0 heterocycles. The van der Waals surface area contributed by atoms with Crippen LogP contribution in [0.2, 0.25) is 0 Å². The summed E-state index contributed by atoms with van der Waals surface area (Å²) in [6.07, 6.45) is 4.23. The third-order valence-corrected chi connectivity index (χ3v) is 5.27. The summed E-state index contributed by atoms with van der Waals surface area (Å²) in [5.41, 5.74) is 0.445. The number of nitrogens with zero attached hydrogens (tertiary/aromatic N) is 1. The summed E-state index contributed by atoms with van der Waals surface area (Å²) in [7, 11) is 2.84. The van der Waals surface area contributed by atoms with Gasteiger partial charge in [-0.3, -0.25) is 14.9 Å². The average Bonchev–Trinajstić information content (AvgIpc) is 3.29. The molecule has 0 aromatic heterocycles. The van der Waals surface area contributed by atoms with Crippen LogP contribution >= 0.6 is 0 Å². The Morgan fingerprint density at radius 1 is 1.19 bits per heavy atom. The summed E-state index contributed by atoms with van der Waals surface area (Å²) in [6, 6.07) is 8.43. The summed E-state index contributed by atoms with van der Waals surface area (Å²) < 4.78 is 30.1. The Balaban J connectivity index is 1.95. The number of carbonyl (C=O) groups excluding carboxylic acids is 1. The quantitative estimate of drug-likeness (QED) is 0.266. The van der Waals surface area contributed by atoms with E-state index < -0.39 is 28.3 Å². The highest BCUT2D eigenvalue weighted by Crippen LogP contribution is 2.35. The Kier molecular flexibility index (Phi) is 7.66. The molecule has 7 nitrogen and oxygen atoms in total. The van der Waals surface area contributed by atoms with Crippen LogP contribution in [0.1, 0.15) is 49.1 Å². The standard InChI is InChI=1S/C24H24FNO6/c1-30-22-10-9-17(13-23(22)32-21-5-3-4-6-21)18(14-24(27)31-2)8-7-16-11-19(25)15-20(12-16)26(28)29/h9-13,15,18,21H,3-6,14H2,1-2H3/t18-/m0/s1. The Morgan fingerprint density at radius 3 is 2.59 bits per heavy atom. The first-order chi connectivity index (χ1) is 15.4. The Bertz CT molecular complexity index is 1050. The lowest BCUT2D eigenvalue weighted by Crippen LogP contribution is -2.12. The predicted octanol–water partition coefficient (Wildman–Crippen LogP) is 4.76. The lowest BCUT2D eigenvalue weighted by atomic mass is 9.95. The van der Waals surface area contributed by atoms with Crippen molar-refractivity contribution in [3.05, 3.63) is 63.5 Å². The molecule has 2 aromatic rings. The van der Waals surface area contributed by atoms with Gasteiger partial charge in [0.15, 0.2) is 11.5 Å². The van der Waals surface area contributed by atoms with Gasteiger partial charge < -0.3 is 14.2 Å². The van der Waals surface area contributed by atoms with Crippen LogP contribution in [-0.4, -0.2) is 31.2 Å². The van der Waals surface area contributed by atoms with Crippen molar-refractivity contribution in [1.29, 1.82) is 0 Å². The van der Waals surface area contributed by atoms with Gasteiger partial charge in [0.1, 0.15) is 5.82 Å². The molecule has 0 unspecified atom stereocenters. The first kappa shape index (κ1) is 23.1. The number of nitro groups is 1. The fourth-order valence-electron chi connectivity index (χ4n) is 3.61. The van der Waals surface area contributed by atoms with Crippen molar-refractivity contribution in [1.82, 2.24) is 0 Å². The zero-order chi connectivity index (χ0) is 23.1. The molecule has 1 atom stereocenters. The molecule has 0 amide bonds. The van der Waals surface area contributed by atoms with Crippen molar-refractivity contribution >= 4 is 11.7 Å². The average molecular weight is 441 g/mol. The molecule has 3 rings (SSSR count). The van der Waals surface area contributed by atoms with Gasteiger partial charge in [-0.25, -0.2) is 4.39 Å². The van der Waals surface area contributed by atoms with Gasteiger partial charge in [0.25, 0.3) is 5.69 Å². The monoisotopic (exact) mass is 441 g/mol. The second kappa shape index (κ2) is 10.6. The minimum Gasteiger partial charge on any atom is -0.493 e. The highest BCUT2D eigenvalue weighted by Gasteiger charge is 2.21. The maximum atomic E-state index is 13.8. The van der Waals surface area contributed by atoms with E-state index in [2.05, 4.69) is 11.8 Å². The van der Waals surface area contributed by atoms with Crippen molar-refractivity contribution in [3.8, 4) is 23.3 Å². The number of halogens is 1. The van der Waals surface area contributed by atoms with Crippen LogP contribution in [0.15, 0.2) is 36.4 Å². The molecule has 1 fully saturated rings. The fraction of sp³-hybridized carbons (Fsp3) is 0.375. The van der Waals surface area contributed by atoms with Crippen molar-refractivity contribution in [2.45, 2.75) is 44.1 Å². The first-order valence-corrected chi connectivity index (χ1v) is 10.3. The Hall–Kier alpha value is -3.60. The Morgan fingerprint density at radius 2 is 1.94 bits per heavy atom. The topological polar surface area (TPSA) is 87.9 Å². The predicted molar refractivity (Wildman–Crippen MR) is 115 cm³/mol. The van der Waals surface area contributed by atoms with Crippen LogP contribution in [0.3, 0.4) is 0 Å². The van der Waals surface area contributed by atoms with Crippen molar-refractivity contribution in [2.75, 3.05) is 14.2 Å². The Labute approximate surface area is 185 Å². The van der Waals surface area contributed by atoms with Crippen molar-refractivity contribution in [2.24, 2.45) is 0 Å². The molecule has 0 radical (unpaired) electrons. The maximum absolute atomic E-state index is 13.8. The molecular formula is C24H24FNO6. The molecule has 1 aliphatic carbocycles. The highest BCUT2D eigenvalue weighted by atomic mass is 19.1. The molecule has 168 valence electrons. The number of nitro benzene ring substituents is 1. The number of esters is 1. The summed E-state index contributed by atoms with van der Waals surface area (Å²) in [4.78, 5) is 22.3. The van der Waals surface area contributed by atoms with Gasteiger partial charge in [0.05, 0.1) is 43.7 Å². The molecule has 2 aromatic carbocycles. The van der Waals surface area contributed by atoms with E-state index in [0.29, 0.717) is 17.1 Å². The van der Waals surface area contributed by atoms with Crippen LogP contribution in [0.5, 0.6) is 11.5 Å². The molecule has 32 heavy (non-hydrogen) atoms. The lowest BCUT2D eigenvalue weighted by molar-refractivity contribution is -0.385. The van der Waals surface area contributed by atoms with E-state index in [1.807, 2.05) is 0 Å². The summed E-state index contributed by atoms with van der Waals surface area (Å²) in [6.45, 7) is 0. The zero-order valence-corrected chi connectivity index (χ0v) is 17.9. The van der Waals surface area contributed by atoms with Crippen LogP contribution in [-0.2, 0) is 9.53 Å². The van der Waals surface area contributed by atoms with Gasteiger partial charge in [-0.15, -0.1) is 0 Å². The lowest BCUT2D eigenvalue weighted by Gasteiger charge is -2.18. The highest BCUT2D eigenvalue weighted by molar-refractivity contribution is 5.71. The van der Waals surface area contributed by atoms with Crippen molar-refractivity contribution in [3.63, 3.8) is 0 Å². The third-order valence-electron chi connectivity index (χ3n) is 5.27. The molecule has 0 N–H and O–H groups in total. The number of ether oxygens (including phenoxy) is 3. The first-order valence-electron chi connectivity index (χ1n) is 10.3. The van der Waals surface area contributed by atoms with Gasteiger partial charge in [0.2, 0.25) is 0 Å². The van der Waals surface area contributed by atoms with Gasteiger partial charge in [-0.05, 0) is 49.4 Å². The molecule has 0 aliphatic heterocycles. The number of carbonyl (C=O) groups is 1.